The molecule has 6 nitrogen and oxygen atoms in total. The number of fused-ring (bicyclic) bond motifs is 1. The molecule has 0 radical (unpaired) electrons. The molecule has 0 amide bonds. The van der Waals surface area contributed by atoms with Gasteiger partial charge in [0, 0.05) is 10.9 Å². The van der Waals surface area contributed by atoms with Crippen molar-refractivity contribution in [2.24, 2.45) is 0 Å². The fourth-order valence-corrected chi connectivity index (χ4v) is 3.85. The SMILES string of the molecule is Cc1nc(N[C@H](C)c2cccc(C(F)(F)C(C)(C)O)c2F)c2cc(OCCOC(C)C)c(Cl)cc2n1. The Kier molecular flexibility index (Phi) is 8.37. The number of benzene rings is 2. The first-order chi connectivity index (χ1) is 16.7. The second-order valence-electron chi connectivity index (χ2n) is 9.40. The summed E-state index contributed by atoms with van der Waals surface area (Å²) in [7, 11) is 0. The van der Waals surface area contributed by atoms with Crippen molar-refractivity contribution in [1.82, 2.24) is 9.97 Å². The number of halogens is 4. The van der Waals surface area contributed by atoms with E-state index in [1.54, 1.807) is 26.0 Å². The van der Waals surface area contributed by atoms with Crippen LogP contribution in [0.25, 0.3) is 10.9 Å². The highest BCUT2D eigenvalue weighted by Crippen LogP contribution is 2.41. The zero-order valence-electron chi connectivity index (χ0n) is 21.1. The van der Waals surface area contributed by atoms with Crippen LogP contribution in [0.2, 0.25) is 5.02 Å². The lowest BCUT2D eigenvalue weighted by atomic mass is 9.91. The number of aryl methyl sites for hydroxylation is 1. The van der Waals surface area contributed by atoms with Gasteiger partial charge in [0.05, 0.1) is 34.9 Å². The predicted octanol–water partition coefficient (Wildman–Crippen LogP) is 6.57. The molecule has 0 aliphatic carbocycles. The third kappa shape index (κ3) is 6.02. The summed E-state index contributed by atoms with van der Waals surface area (Å²) in [6.45, 7) is 9.71. The van der Waals surface area contributed by atoms with Crippen LogP contribution in [0, 0.1) is 12.7 Å². The number of aromatic nitrogens is 2. The van der Waals surface area contributed by atoms with E-state index >= 15 is 4.39 Å². The Morgan fingerprint density at radius 2 is 1.81 bits per heavy atom. The van der Waals surface area contributed by atoms with Gasteiger partial charge in [0.1, 0.15) is 35.4 Å². The molecule has 196 valence electrons. The van der Waals surface area contributed by atoms with Gasteiger partial charge in [-0.2, -0.15) is 8.78 Å². The highest BCUT2D eigenvalue weighted by molar-refractivity contribution is 6.32. The molecule has 1 aromatic heterocycles. The van der Waals surface area contributed by atoms with Crippen LogP contribution in [0.4, 0.5) is 19.0 Å². The molecule has 0 fully saturated rings. The average Bonchev–Trinajstić information content (AvgIpc) is 2.76. The second kappa shape index (κ2) is 10.8. The van der Waals surface area contributed by atoms with Crippen LogP contribution in [-0.2, 0) is 10.7 Å². The third-order valence-corrected chi connectivity index (χ3v) is 5.90. The van der Waals surface area contributed by atoms with Crippen molar-refractivity contribution in [3.63, 3.8) is 0 Å². The Hall–Kier alpha value is -2.62. The van der Waals surface area contributed by atoms with E-state index in [1.165, 1.54) is 12.1 Å². The van der Waals surface area contributed by atoms with E-state index in [0.29, 0.717) is 39.9 Å². The van der Waals surface area contributed by atoms with E-state index in [-0.39, 0.29) is 18.3 Å². The molecule has 0 saturated carbocycles. The van der Waals surface area contributed by atoms with Gasteiger partial charge in [0.25, 0.3) is 0 Å². The van der Waals surface area contributed by atoms with Gasteiger partial charge < -0.3 is 19.9 Å². The van der Waals surface area contributed by atoms with Gasteiger partial charge in [-0.15, -0.1) is 0 Å². The summed E-state index contributed by atoms with van der Waals surface area (Å²) in [6, 6.07) is 6.29. The number of aliphatic hydroxyl groups is 1. The molecule has 2 N–H and O–H groups in total. The van der Waals surface area contributed by atoms with E-state index in [2.05, 4.69) is 15.3 Å². The van der Waals surface area contributed by atoms with E-state index in [0.717, 1.165) is 19.9 Å². The average molecular weight is 526 g/mol. The number of alkyl halides is 2. The zero-order valence-corrected chi connectivity index (χ0v) is 21.9. The van der Waals surface area contributed by atoms with Crippen LogP contribution in [0.15, 0.2) is 30.3 Å². The maximum atomic E-state index is 15.3. The first kappa shape index (κ1) is 28.0. The van der Waals surface area contributed by atoms with Crippen molar-refractivity contribution < 1.29 is 27.8 Å². The van der Waals surface area contributed by atoms with E-state index in [9.17, 15) is 13.9 Å². The summed E-state index contributed by atoms with van der Waals surface area (Å²) in [5.74, 6) is -3.69. The van der Waals surface area contributed by atoms with E-state index in [4.69, 9.17) is 21.1 Å². The number of anilines is 1. The molecular weight excluding hydrogens is 495 g/mol. The monoisotopic (exact) mass is 525 g/mol. The predicted molar refractivity (Wildman–Crippen MR) is 134 cm³/mol. The molecule has 0 spiro atoms. The van der Waals surface area contributed by atoms with Crippen LogP contribution in [-0.4, -0.2) is 40.0 Å². The minimum atomic E-state index is -3.80. The summed E-state index contributed by atoms with van der Waals surface area (Å²) in [5.41, 5.74) is -2.79. The minimum Gasteiger partial charge on any atom is -0.490 e. The molecule has 0 bridgehead atoms. The van der Waals surface area contributed by atoms with Gasteiger partial charge >= 0.3 is 5.92 Å². The van der Waals surface area contributed by atoms with Crippen molar-refractivity contribution in [3.8, 4) is 5.75 Å². The lowest BCUT2D eigenvalue weighted by molar-refractivity contribution is -0.170. The number of rotatable bonds is 10. The Bertz CT molecular complexity index is 1230. The summed E-state index contributed by atoms with van der Waals surface area (Å²) in [5, 5.41) is 13.9. The third-order valence-electron chi connectivity index (χ3n) is 5.61. The molecule has 3 aromatic rings. The quantitative estimate of drug-likeness (QED) is 0.291. The molecular formula is C26H31ClF3N3O3. The lowest BCUT2D eigenvalue weighted by Crippen LogP contribution is -2.41. The number of nitrogens with zero attached hydrogens (tertiary/aromatic N) is 2. The smallest absolute Gasteiger partial charge is 0.303 e. The molecule has 3 rings (SSSR count). The van der Waals surface area contributed by atoms with Crippen LogP contribution in [0.3, 0.4) is 0 Å². The molecule has 2 aromatic carbocycles. The lowest BCUT2D eigenvalue weighted by Gasteiger charge is -2.30. The molecule has 10 heteroatoms. The molecule has 0 aliphatic rings. The summed E-state index contributed by atoms with van der Waals surface area (Å²) < 4.78 is 56.0. The molecule has 1 atom stereocenters. The molecule has 0 saturated heterocycles. The number of hydrogen-bond donors (Lipinski definition) is 2. The molecule has 0 unspecified atom stereocenters. The van der Waals surface area contributed by atoms with Crippen LogP contribution < -0.4 is 10.1 Å². The largest absolute Gasteiger partial charge is 0.490 e. The summed E-state index contributed by atoms with van der Waals surface area (Å²) in [4.78, 5) is 8.85. The maximum absolute atomic E-state index is 15.3. The first-order valence-corrected chi connectivity index (χ1v) is 12.0. The van der Waals surface area contributed by atoms with Crippen LogP contribution in [0.5, 0.6) is 5.75 Å². The van der Waals surface area contributed by atoms with Crippen molar-refractivity contribution in [1.29, 1.82) is 0 Å². The van der Waals surface area contributed by atoms with Crippen LogP contribution >= 0.6 is 11.6 Å². The van der Waals surface area contributed by atoms with E-state index in [1.807, 2.05) is 13.8 Å². The highest BCUT2D eigenvalue weighted by Gasteiger charge is 2.49. The van der Waals surface area contributed by atoms with Crippen molar-refractivity contribution in [2.45, 2.75) is 65.2 Å². The normalized spacial score (nSPS) is 13.3. The van der Waals surface area contributed by atoms with Crippen molar-refractivity contribution >= 4 is 28.3 Å². The van der Waals surface area contributed by atoms with Gasteiger partial charge in [-0.1, -0.05) is 23.7 Å². The Morgan fingerprint density at radius 3 is 2.44 bits per heavy atom. The first-order valence-electron chi connectivity index (χ1n) is 11.6. The van der Waals surface area contributed by atoms with Gasteiger partial charge in [0.15, 0.2) is 0 Å². The molecule has 1 heterocycles. The fraction of sp³-hybridized carbons (Fsp3) is 0.462. The zero-order chi connectivity index (χ0) is 26.8. The second-order valence-corrected chi connectivity index (χ2v) is 9.80. The maximum Gasteiger partial charge on any atom is 0.303 e. The van der Waals surface area contributed by atoms with E-state index < -0.39 is 28.9 Å². The number of ether oxygens (including phenoxy) is 2. The highest BCUT2D eigenvalue weighted by atomic mass is 35.5. The van der Waals surface area contributed by atoms with Gasteiger partial charge in [0.2, 0.25) is 0 Å². The molecule has 36 heavy (non-hydrogen) atoms. The molecule has 0 aliphatic heterocycles. The standard InChI is InChI=1S/C26H31ClF3N3O3/c1-14(2)35-10-11-36-22-12-18-21(13-20(22)27)32-16(4)33-24(18)31-15(3)17-8-7-9-19(23(17)28)26(29,30)25(5,6)34/h7-9,12-15,34H,10-11H2,1-6H3,(H,31,32,33)/t15-/m1/s1. The summed E-state index contributed by atoms with van der Waals surface area (Å²) >= 11 is 6.38. The van der Waals surface area contributed by atoms with Gasteiger partial charge in [-0.25, -0.2) is 14.4 Å². The number of hydrogen-bond acceptors (Lipinski definition) is 6. The van der Waals surface area contributed by atoms with Crippen molar-refractivity contribution in [3.05, 3.63) is 58.1 Å². The summed E-state index contributed by atoms with van der Waals surface area (Å²) in [6.07, 6.45) is 0.0663. The minimum absolute atomic E-state index is 0.00267. The van der Waals surface area contributed by atoms with Gasteiger partial charge in [-0.05, 0) is 59.7 Å². The Balaban J connectivity index is 1.95. The van der Waals surface area contributed by atoms with Crippen LogP contribution in [0.1, 0.15) is 57.6 Å². The van der Waals surface area contributed by atoms with Crippen molar-refractivity contribution in [2.75, 3.05) is 18.5 Å². The number of nitrogens with one attached hydrogen (secondary N) is 1. The Labute approximate surface area is 213 Å². The fourth-order valence-electron chi connectivity index (χ4n) is 3.64. The van der Waals surface area contributed by atoms with Gasteiger partial charge in [-0.3, -0.25) is 0 Å². The Morgan fingerprint density at radius 1 is 1.11 bits per heavy atom. The topological polar surface area (TPSA) is 76.5 Å².